The van der Waals surface area contributed by atoms with Crippen LogP contribution in [0.5, 0.6) is 0 Å². The number of thiazole rings is 1. The van der Waals surface area contributed by atoms with Crippen molar-refractivity contribution in [3.63, 3.8) is 0 Å². The Balaban J connectivity index is 1.75. The van der Waals surface area contributed by atoms with Gasteiger partial charge in [0, 0.05) is 12.5 Å². The molecule has 0 bridgehead atoms. The molecule has 1 aliphatic heterocycles. The fourth-order valence-electron chi connectivity index (χ4n) is 3.09. The molecule has 0 aromatic carbocycles. The number of rotatable bonds is 3. The summed E-state index contributed by atoms with van der Waals surface area (Å²) in [7, 11) is 0. The number of morpholine rings is 1. The number of nitrogens with zero attached hydrogens (tertiary/aromatic N) is 2. The Morgan fingerprint density at radius 3 is 2.77 bits per heavy atom. The van der Waals surface area contributed by atoms with Gasteiger partial charge in [-0.3, -0.25) is 4.79 Å². The largest absolute Gasteiger partial charge is 0.479 e. The average Bonchev–Trinajstić information content (AvgIpc) is 3.16. The van der Waals surface area contributed by atoms with E-state index in [9.17, 15) is 9.59 Å². The van der Waals surface area contributed by atoms with E-state index in [1.54, 1.807) is 4.90 Å². The van der Waals surface area contributed by atoms with E-state index in [1.807, 2.05) is 6.92 Å². The summed E-state index contributed by atoms with van der Waals surface area (Å²) in [5.41, 5.74) is 0.760. The van der Waals surface area contributed by atoms with Gasteiger partial charge in [0.2, 0.25) is 0 Å². The van der Waals surface area contributed by atoms with E-state index in [2.05, 4.69) is 4.98 Å². The van der Waals surface area contributed by atoms with Gasteiger partial charge in [-0.2, -0.15) is 0 Å². The molecule has 3 rings (SSSR count). The molecule has 1 saturated heterocycles. The number of carbonyl (C=O) groups is 2. The number of aliphatic carboxylic acids is 1. The molecule has 1 unspecified atom stereocenters. The number of amides is 1. The molecule has 2 aliphatic rings. The summed E-state index contributed by atoms with van der Waals surface area (Å²) in [4.78, 5) is 30.5. The van der Waals surface area contributed by atoms with Crippen LogP contribution < -0.4 is 0 Å². The summed E-state index contributed by atoms with van der Waals surface area (Å²) >= 11 is 1.48. The summed E-state index contributed by atoms with van der Waals surface area (Å²) in [5.74, 6) is -0.652. The third-order valence-corrected chi connectivity index (χ3v) is 5.65. The quantitative estimate of drug-likeness (QED) is 0.920. The minimum Gasteiger partial charge on any atom is -0.479 e. The van der Waals surface area contributed by atoms with Crippen molar-refractivity contribution in [2.75, 3.05) is 19.7 Å². The monoisotopic (exact) mass is 324 g/mol. The molecule has 120 valence electrons. The van der Waals surface area contributed by atoms with Crippen LogP contribution in [0.25, 0.3) is 0 Å². The number of aryl methyl sites for hydroxylation is 1. The smallest absolute Gasteiger partial charge is 0.334 e. The van der Waals surface area contributed by atoms with Crippen molar-refractivity contribution in [3.8, 4) is 0 Å². The summed E-state index contributed by atoms with van der Waals surface area (Å²) < 4.78 is 5.17. The van der Waals surface area contributed by atoms with Gasteiger partial charge >= 0.3 is 5.97 Å². The summed E-state index contributed by atoms with van der Waals surface area (Å²) in [6.07, 6.45) is 3.84. The van der Waals surface area contributed by atoms with E-state index < -0.39 is 12.1 Å². The molecular weight excluding hydrogens is 304 g/mol. The molecule has 1 aromatic heterocycles. The van der Waals surface area contributed by atoms with Crippen LogP contribution in [0.4, 0.5) is 0 Å². The van der Waals surface area contributed by atoms with Crippen LogP contribution in [0.15, 0.2) is 0 Å². The number of carboxylic acid groups (broad SMARTS) is 1. The van der Waals surface area contributed by atoms with Crippen LogP contribution in [-0.2, 0) is 9.53 Å². The maximum Gasteiger partial charge on any atom is 0.334 e. The molecule has 1 atom stereocenters. The molecule has 1 aliphatic carbocycles. The van der Waals surface area contributed by atoms with Crippen LogP contribution in [0, 0.1) is 6.92 Å². The van der Waals surface area contributed by atoms with Crippen molar-refractivity contribution in [3.05, 3.63) is 15.6 Å². The molecule has 7 heteroatoms. The minimum atomic E-state index is -1.02. The maximum absolute atomic E-state index is 12.7. The Hall–Kier alpha value is -1.47. The van der Waals surface area contributed by atoms with E-state index in [0.29, 0.717) is 17.3 Å². The number of carboxylic acids is 1. The highest BCUT2D eigenvalue weighted by molar-refractivity contribution is 7.13. The maximum atomic E-state index is 12.7. The summed E-state index contributed by atoms with van der Waals surface area (Å²) in [6.45, 7) is 2.65. The van der Waals surface area contributed by atoms with E-state index in [1.165, 1.54) is 24.2 Å². The van der Waals surface area contributed by atoms with Gasteiger partial charge in [0.05, 0.1) is 23.9 Å². The lowest BCUT2D eigenvalue weighted by Gasteiger charge is -2.30. The summed E-state index contributed by atoms with van der Waals surface area (Å²) in [5, 5.41) is 10.1. The fraction of sp³-hybridized carbons (Fsp3) is 0.667. The van der Waals surface area contributed by atoms with Crippen LogP contribution >= 0.6 is 11.3 Å². The zero-order chi connectivity index (χ0) is 15.7. The van der Waals surface area contributed by atoms with Crippen molar-refractivity contribution in [1.29, 1.82) is 0 Å². The molecule has 1 N–H and O–H groups in total. The Morgan fingerprint density at radius 1 is 1.36 bits per heavy atom. The number of ether oxygens (including phenoxy) is 1. The summed E-state index contributed by atoms with van der Waals surface area (Å²) in [6, 6.07) is 0. The Bertz CT molecular complexity index is 580. The van der Waals surface area contributed by atoms with Crippen molar-refractivity contribution < 1.29 is 19.4 Å². The third-order valence-electron chi connectivity index (χ3n) is 4.34. The lowest BCUT2D eigenvalue weighted by molar-refractivity contribution is -0.154. The van der Waals surface area contributed by atoms with Gasteiger partial charge in [-0.25, -0.2) is 9.78 Å². The molecule has 2 fully saturated rings. The minimum absolute atomic E-state index is 0.101. The fourth-order valence-corrected chi connectivity index (χ4v) is 4.29. The molecule has 0 spiro atoms. The normalized spacial score (nSPS) is 23.0. The van der Waals surface area contributed by atoms with Crippen LogP contribution in [0.3, 0.4) is 0 Å². The Morgan fingerprint density at radius 2 is 2.09 bits per heavy atom. The molecule has 1 amide bonds. The topological polar surface area (TPSA) is 79.7 Å². The predicted octanol–water partition coefficient (Wildman–Crippen LogP) is 2.03. The van der Waals surface area contributed by atoms with Gasteiger partial charge in [-0.15, -0.1) is 11.3 Å². The van der Waals surface area contributed by atoms with Crippen LogP contribution in [0.1, 0.15) is 52.0 Å². The van der Waals surface area contributed by atoms with Gasteiger partial charge < -0.3 is 14.7 Å². The predicted molar refractivity (Wildman–Crippen MR) is 81.3 cm³/mol. The lowest BCUT2D eigenvalue weighted by atomic mass is 10.1. The molecule has 0 radical (unpaired) electrons. The van der Waals surface area contributed by atoms with Gasteiger partial charge in [0.15, 0.2) is 6.10 Å². The van der Waals surface area contributed by atoms with Gasteiger partial charge in [0.25, 0.3) is 5.91 Å². The van der Waals surface area contributed by atoms with E-state index in [4.69, 9.17) is 9.84 Å². The molecule has 1 aromatic rings. The van der Waals surface area contributed by atoms with Crippen LogP contribution in [0.2, 0.25) is 0 Å². The standard InChI is InChI=1S/C15H20N2O4S/c1-9-12(22-13(16-9)10-4-2-3-5-10)14(18)17-6-7-21-11(8-17)15(19)20/h10-11H,2-8H2,1H3,(H,19,20). The van der Waals surface area contributed by atoms with Gasteiger partial charge in [-0.05, 0) is 19.8 Å². The molecule has 6 nitrogen and oxygen atoms in total. The molecular formula is C15H20N2O4S. The van der Waals surface area contributed by atoms with Gasteiger partial charge in [0.1, 0.15) is 4.88 Å². The first-order chi connectivity index (χ1) is 10.6. The average molecular weight is 324 g/mol. The first kappa shape index (κ1) is 15.4. The number of carbonyl (C=O) groups excluding carboxylic acids is 1. The lowest BCUT2D eigenvalue weighted by Crippen LogP contribution is -2.48. The van der Waals surface area contributed by atoms with Crippen molar-refractivity contribution >= 4 is 23.2 Å². The zero-order valence-electron chi connectivity index (χ0n) is 12.6. The SMILES string of the molecule is Cc1nc(C2CCCC2)sc1C(=O)N1CCOC(C(=O)O)C1. The van der Waals surface area contributed by atoms with Crippen molar-refractivity contribution in [2.24, 2.45) is 0 Å². The second-order valence-corrected chi connectivity index (χ2v) is 6.93. The second-order valence-electron chi connectivity index (χ2n) is 5.90. The zero-order valence-corrected chi connectivity index (χ0v) is 13.4. The van der Waals surface area contributed by atoms with Gasteiger partial charge in [-0.1, -0.05) is 12.8 Å². The molecule has 1 saturated carbocycles. The van der Waals surface area contributed by atoms with Crippen molar-refractivity contribution in [1.82, 2.24) is 9.88 Å². The Kier molecular flexibility index (Phi) is 4.44. The van der Waals surface area contributed by atoms with Crippen LogP contribution in [-0.4, -0.2) is 52.7 Å². The first-order valence-corrected chi connectivity index (χ1v) is 8.49. The number of hydrogen-bond acceptors (Lipinski definition) is 5. The highest BCUT2D eigenvalue weighted by Gasteiger charge is 2.32. The number of hydrogen-bond donors (Lipinski definition) is 1. The third kappa shape index (κ3) is 3.01. The van der Waals surface area contributed by atoms with Crippen molar-refractivity contribution in [2.45, 2.75) is 44.6 Å². The first-order valence-electron chi connectivity index (χ1n) is 7.67. The van der Waals surface area contributed by atoms with E-state index in [0.717, 1.165) is 23.5 Å². The van der Waals surface area contributed by atoms with E-state index >= 15 is 0 Å². The number of aromatic nitrogens is 1. The molecule has 22 heavy (non-hydrogen) atoms. The highest BCUT2D eigenvalue weighted by atomic mass is 32.1. The Labute approximate surface area is 133 Å². The van der Waals surface area contributed by atoms with E-state index in [-0.39, 0.29) is 19.1 Å². The molecule has 2 heterocycles. The second kappa shape index (κ2) is 6.34. The highest BCUT2D eigenvalue weighted by Crippen LogP contribution is 2.37.